The zero-order chi connectivity index (χ0) is 18.5. The first-order valence-corrected chi connectivity index (χ1v) is 10.2. The second-order valence-electron chi connectivity index (χ2n) is 6.06. The van der Waals surface area contributed by atoms with Gasteiger partial charge in [-0.1, -0.05) is 48.4 Å². The predicted octanol–water partition coefficient (Wildman–Crippen LogP) is 7.23. The van der Waals surface area contributed by atoms with Gasteiger partial charge in [0.05, 0.1) is 0 Å². The summed E-state index contributed by atoms with van der Waals surface area (Å²) >= 11 is 8.09. The van der Waals surface area contributed by atoms with Crippen LogP contribution in [0.15, 0.2) is 68.6 Å². The number of nitrogens with zero attached hydrogens (tertiary/aromatic N) is 1. The molecule has 1 aromatic carbocycles. The monoisotopic (exact) mass is 375 g/mol. The number of thioether (sulfide) groups is 1. The van der Waals surface area contributed by atoms with E-state index in [-0.39, 0.29) is 0 Å². The molecule has 1 nitrogen and oxygen atoms in total. The third-order valence-electron chi connectivity index (χ3n) is 3.77. The molecule has 0 atom stereocenters. The van der Waals surface area contributed by atoms with Crippen molar-refractivity contribution >= 4 is 29.6 Å². The Morgan fingerprint density at radius 3 is 2.52 bits per heavy atom. The van der Waals surface area contributed by atoms with E-state index in [1.807, 2.05) is 24.9 Å². The number of rotatable bonds is 10. The SMILES string of the molecule is CC/C=C\C(CCCSc1ccc(C/C(C)=C/C=NC)cc1)=C(/C)Cl. The maximum atomic E-state index is 6.17. The molecule has 0 aliphatic rings. The molecule has 0 bridgehead atoms. The fourth-order valence-electron chi connectivity index (χ4n) is 2.37. The van der Waals surface area contributed by atoms with Crippen LogP contribution in [-0.2, 0) is 6.42 Å². The minimum Gasteiger partial charge on any atom is -0.297 e. The molecule has 1 rings (SSSR count). The van der Waals surface area contributed by atoms with Crippen molar-refractivity contribution in [3.8, 4) is 0 Å². The molecule has 0 saturated carbocycles. The normalized spacial score (nSPS) is 13.7. The van der Waals surface area contributed by atoms with E-state index in [1.165, 1.54) is 21.6 Å². The quantitative estimate of drug-likeness (QED) is 0.182. The number of allylic oxidation sites excluding steroid dienone is 6. The molecule has 0 aromatic heterocycles. The Morgan fingerprint density at radius 1 is 1.20 bits per heavy atom. The highest BCUT2D eigenvalue weighted by atomic mass is 35.5. The van der Waals surface area contributed by atoms with Gasteiger partial charge in [-0.2, -0.15) is 0 Å². The third kappa shape index (κ3) is 9.72. The average molecular weight is 376 g/mol. The van der Waals surface area contributed by atoms with Crippen LogP contribution >= 0.6 is 23.4 Å². The summed E-state index contributed by atoms with van der Waals surface area (Å²) in [5.74, 6) is 1.11. The maximum absolute atomic E-state index is 6.17. The van der Waals surface area contributed by atoms with E-state index >= 15 is 0 Å². The Bertz CT molecular complexity index is 620. The molecule has 136 valence electrons. The van der Waals surface area contributed by atoms with Crippen molar-refractivity contribution in [3.63, 3.8) is 0 Å². The van der Waals surface area contributed by atoms with Crippen molar-refractivity contribution in [2.24, 2.45) is 4.99 Å². The highest BCUT2D eigenvalue weighted by molar-refractivity contribution is 7.99. The fourth-order valence-corrected chi connectivity index (χ4v) is 3.38. The molecule has 0 unspecified atom stereocenters. The number of hydrogen-bond acceptors (Lipinski definition) is 2. The molecule has 0 N–H and O–H groups in total. The highest BCUT2D eigenvalue weighted by Gasteiger charge is 2.00. The van der Waals surface area contributed by atoms with Gasteiger partial charge in [0.25, 0.3) is 0 Å². The lowest BCUT2D eigenvalue weighted by Crippen LogP contribution is -1.88. The summed E-state index contributed by atoms with van der Waals surface area (Å²) < 4.78 is 0. The molecule has 0 heterocycles. The van der Waals surface area contributed by atoms with Crippen molar-refractivity contribution in [3.05, 3.63) is 64.2 Å². The topological polar surface area (TPSA) is 12.4 Å². The van der Waals surface area contributed by atoms with E-state index in [1.54, 1.807) is 7.05 Å². The molecule has 0 saturated heterocycles. The largest absolute Gasteiger partial charge is 0.297 e. The third-order valence-corrected chi connectivity index (χ3v) is 5.11. The van der Waals surface area contributed by atoms with Gasteiger partial charge in [-0.25, -0.2) is 0 Å². The van der Waals surface area contributed by atoms with Crippen LogP contribution in [0.5, 0.6) is 0 Å². The van der Waals surface area contributed by atoms with Gasteiger partial charge in [0.2, 0.25) is 0 Å². The summed E-state index contributed by atoms with van der Waals surface area (Å²) in [6.07, 6.45) is 12.5. The molecular formula is C22H30ClNS. The van der Waals surface area contributed by atoms with E-state index in [0.29, 0.717) is 0 Å². The Labute approximate surface area is 163 Å². The zero-order valence-corrected chi connectivity index (χ0v) is 17.5. The number of aliphatic imine (C=N–C) groups is 1. The summed E-state index contributed by atoms with van der Waals surface area (Å²) in [4.78, 5) is 5.32. The van der Waals surface area contributed by atoms with E-state index in [0.717, 1.165) is 36.5 Å². The van der Waals surface area contributed by atoms with Crippen molar-refractivity contribution < 1.29 is 0 Å². The van der Waals surface area contributed by atoms with Gasteiger partial charge < -0.3 is 0 Å². The second kappa shape index (κ2) is 13.0. The minimum absolute atomic E-state index is 0.913. The molecule has 25 heavy (non-hydrogen) atoms. The van der Waals surface area contributed by atoms with Gasteiger partial charge in [0, 0.05) is 23.2 Å². The Hall–Kier alpha value is -1.25. The van der Waals surface area contributed by atoms with Crippen LogP contribution in [0.3, 0.4) is 0 Å². The molecule has 0 amide bonds. The van der Waals surface area contributed by atoms with Crippen LogP contribution in [0.2, 0.25) is 0 Å². The van der Waals surface area contributed by atoms with Crippen molar-refractivity contribution in [2.45, 2.75) is 51.3 Å². The van der Waals surface area contributed by atoms with Gasteiger partial charge in [0.1, 0.15) is 0 Å². The van der Waals surface area contributed by atoms with Crippen LogP contribution in [0.4, 0.5) is 0 Å². The van der Waals surface area contributed by atoms with Crippen LogP contribution in [0, 0.1) is 0 Å². The number of halogens is 1. The van der Waals surface area contributed by atoms with Gasteiger partial charge in [-0.3, -0.25) is 4.99 Å². The summed E-state index contributed by atoms with van der Waals surface area (Å²) in [6.45, 7) is 6.26. The smallest absolute Gasteiger partial charge is 0.0277 e. The molecule has 0 radical (unpaired) electrons. The summed E-state index contributed by atoms with van der Waals surface area (Å²) in [7, 11) is 1.79. The molecular weight excluding hydrogens is 346 g/mol. The maximum Gasteiger partial charge on any atom is 0.0277 e. The summed E-state index contributed by atoms with van der Waals surface area (Å²) in [5.41, 5.74) is 3.93. The standard InChI is InChI=1S/C22H30ClNS/c1-5-6-8-21(19(3)23)9-7-16-25-22-12-10-20(11-13-22)17-18(2)14-15-24-4/h6,8,10-15H,5,7,9,16-17H2,1-4H3/b8-6-,18-14+,21-19-,24-15?. The van der Waals surface area contributed by atoms with Gasteiger partial charge in [-0.05, 0) is 74.6 Å². The molecule has 0 spiro atoms. The Balaban J connectivity index is 2.43. The van der Waals surface area contributed by atoms with Crippen molar-refractivity contribution in [1.82, 2.24) is 0 Å². The van der Waals surface area contributed by atoms with Crippen molar-refractivity contribution in [1.29, 1.82) is 0 Å². The predicted molar refractivity (Wildman–Crippen MR) is 116 cm³/mol. The highest BCUT2D eigenvalue weighted by Crippen LogP contribution is 2.23. The number of benzene rings is 1. The minimum atomic E-state index is 0.913. The zero-order valence-electron chi connectivity index (χ0n) is 15.9. The van der Waals surface area contributed by atoms with E-state index < -0.39 is 0 Å². The van der Waals surface area contributed by atoms with E-state index in [4.69, 9.17) is 11.6 Å². The Morgan fingerprint density at radius 2 is 1.92 bits per heavy atom. The van der Waals surface area contributed by atoms with Crippen LogP contribution in [-0.4, -0.2) is 19.0 Å². The van der Waals surface area contributed by atoms with Crippen molar-refractivity contribution in [2.75, 3.05) is 12.8 Å². The van der Waals surface area contributed by atoms with E-state index in [9.17, 15) is 0 Å². The second-order valence-corrected chi connectivity index (χ2v) is 7.80. The average Bonchev–Trinajstić information content (AvgIpc) is 2.60. The Kier molecular flexibility index (Phi) is 11.3. The van der Waals surface area contributed by atoms with Crippen LogP contribution < -0.4 is 0 Å². The molecule has 0 aliphatic carbocycles. The first-order valence-electron chi connectivity index (χ1n) is 8.88. The van der Waals surface area contributed by atoms with Gasteiger partial charge >= 0.3 is 0 Å². The molecule has 1 aromatic rings. The lowest BCUT2D eigenvalue weighted by Gasteiger charge is -2.06. The first-order chi connectivity index (χ1) is 12.1. The molecule has 3 heteroatoms. The fraction of sp³-hybridized carbons (Fsp3) is 0.409. The summed E-state index contributed by atoms with van der Waals surface area (Å²) in [5, 5.41) is 0.913. The molecule has 0 fully saturated rings. The lowest BCUT2D eigenvalue weighted by molar-refractivity contribution is 0.930. The van der Waals surface area contributed by atoms with Gasteiger partial charge in [0.15, 0.2) is 0 Å². The number of hydrogen-bond donors (Lipinski definition) is 0. The van der Waals surface area contributed by atoms with Gasteiger partial charge in [-0.15, -0.1) is 11.8 Å². The van der Waals surface area contributed by atoms with E-state index in [2.05, 4.69) is 61.3 Å². The van der Waals surface area contributed by atoms with Crippen LogP contribution in [0.25, 0.3) is 0 Å². The summed E-state index contributed by atoms with van der Waals surface area (Å²) in [6, 6.07) is 8.89. The first kappa shape index (κ1) is 21.8. The van der Waals surface area contributed by atoms with Crippen LogP contribution in [0.1, 0.15) is 45.6 Å². The molecule has 0 aliphatic heterocycles. The lowest BCUT2D eigenvalue weighted by atomic mass is 10.1.